The van der Waals surface area contributed by atoms with Crippen molar-refractivity contribution in [1.82, 2.24) is 15.6 Å². The quantitative estimate of drug-likeness (QED) is 0.234. The van der Waals surface area contributed by atoms with Gasteiger partial charge < -0.3 is 35.3 Å². The number of dihydropyridines is 1. The van der Waals surface area contributed by atoms with E-state index in [-0.39, 0.29) is 36.9 Å². The Morgan fingerprint density at radius 1 is 1.09 bits per heavy atom. The number of aromatic hydroxyl groups is 1. The second-order valence-electron chi connectivity index (χ2n) is 12.0. The summed E-state index contributed by atoms with van der Waals surface area (Å²) in [5.41, 5.74) is 4.45. The van der Waals surface area contributed by atoms with Crippen molar-refractivity contribution in [2.45, 2.75) is 77.2 Å². The van der Waals surface area contributed by atoms with Gasteiger partial charge in [0.25, 0.3) is 0 Å². The first-order chi connectivity index (χ1) is 21.8. The van der Waals surface area contributed by atoms with Crippen LogP contribution in [0.15, 0.2) is 54.1 Å². The molecule has 0 saturated heterocycles. The Morgan fingerprint density at radius 3 is 2.62 bits per heavy atom. The third-order valence-electron chi connectivity index (χ3n) is 8.74. The number of nitrogens with one attached hydrogen (secondary N) is 3. The molecule has 0 radical (unpaired) electrons. The van der Waals surface area contributed by atoms with Crippen LogP contribution in [-0.2, 0) is 27.2 Å². The second-order valence-corrected chi connectivity index (χ2v) is 12.0. The second kappa shape index (κ2) is 16.8. The van der Waals surface area contributed by atoms with Crippen LogP contribution in [0.4, 0.5) is 0 Å². The maximum Gasteiger partial charge on any atom is 0.302 e. The largest absolute Gasteiger partial charge is 0.504 e. The predicted octanol–water partition coefficient (Wildman–Crippen LogP) is 4.66. The molecule has 2 aromatic rings. The number of benzene rings is 1. The molecule has 0 amide bonds. The number of carbonyl (C=O) groups excluding carboxylic acids is 2. The third-order valence-corrected chi connectivity index (χ3v) is 8.74. The van der Waals surface area contributed by atoms with Crippen molar-refractivity contribution in [3.05, 3.63) is 70.8 Å². The van der Waals surface area contributed by atoms with Crippen molar-refractivity contribution in [3.63, 3.8) is 0 Å². The highest BCUT2D eigenvalue weighted by molar-refractivity contribution is 5.80. The summed E-state index contributed by atoms with van der Waals surface area (Å²) < 4.78 is 11.0. The van der Waals surface area contributed by atoms with E-state index in [0.29, 0.717) is 37.6 Å². The van der Waals surface area contributed by atoms with Gasteiger partial charge in [-0.2, -0.15) is 0 Å². The average molecular weight is 618 g/mol. The molecule has 9 nitrogen and oxygen atoms in total. The molecule has 9 heteroatoms. The lowest BCUT2D eigenvalue weighted by atomic mass is 9.85. The highest BCUT2D eigenvalue weighted by Crippen LogP contribution is 2.32. The van der Waals surface area contributed by atoms with E-state index in [1.807, 2.05) is 0 Å². The fourth-order valence-corrected chi connectivity index (χ4v) is 6.23. The van der Waals surface area contributed by atoms with Crippen LogP contribution < -0.4 is 15.4 Å². The first-order valence-corrected chi connectivity index (χ1v) is 16.0. The van der Waals surface area contributed by atoms with Crippen LogP contribution in [0, 0.1) is 23.7 Å². The van der Waals surface area contributed by atoms with Gasteiger partial charge in [-0.15, -0.1) is 0 Å². The predicted molar refractivity (Wildman–Crippen MR) is 174 cm³/mol. The summed E-state index contributed by atoms with van der Waals surface area (Å²) in [6, 6.07) is 5.01. The lowest BCUT2D eigenvalue weighted by Crippen LogP contribution is -2.30. The standard InChI is InChI=1S/C36H47N3O6/c1-4-25-7-9-33(45-24(2)41)21-32(42)18-26(27-8-10-34(43)35(19-27)44-3)6-5-13-38-36-20-28(11-14-39-36)29(12-15-40)17-31-23-37-22-30(31)16-25/h8,10-11,19-20,22-23,25-26,29,33,37-40,43H,4,7,9,12-18,21H2,1-3H3/t25-,26+,29-,33-/m1/s1. The maximum absolute atomic E-state index is 13.5. The van der Waals surface area contributed by atoms with Gasteiger partial charge in [-0.25, -0.2) is 0 Å². The summed E-state index contributed by atoms with van der Waals surface area (Å²) in [5.74, 6) is 7.27. The number of aliphatic hydroxyl groups is 1. The van der Waals surface area contributed by atoms with Gasteiger partial charge >= 0.3 is 5.97 Å². The molecule has 2 bridgehead atoms. The molecule has 0 spiro atoms. The first-order valence-electron chi connectivity index (χ1n) is 16.0. The monoisotopic (exact) mass is 617 g/mol. The molecule has 2 aliphatic rings. The average Bonchev–Trinajstić information content (AvgIpc) is 3.46. The third kappa shape index (κ3) is 9.92. The topological polar surface area (TPSA) is 133 Å². The molecular weight excluding hydrogens is 570 g/mol. The highest BCUT2D eigenvalue weighted by atomic mass is 16.5. The fourth-order valence-electron chi connectivity index (χ4n) is 6.23. The van der Waals surface area contributed by atoms with E-state index in [2.05, 4.69) is 58.9 Å². The number of methoxy groups -OCH3 is 1. The Hall–Kier alpha value is -4.16. The zero-order chi connectivity index (χ0) is 32.2. The molecule has 1 aromatic heterocycles. The zero-order valence-electron chi connectivity index (χ0n) is 26.7. The molecule has 4 rings (SSSR count). The Bertz CT molecular complexity index is 1430. The Labute approximate surface area is 266 Å². The van der Waals surface area contributed by atoms with Gasteiger partial charge in [0.2, 0.25) is 0 Å². The summed E-state index contributed by atoms with van der Waals surface area (Å²) in [7, 11) is 1.48. The molecular formula is C36H47N3O6. The fraction of sp³-hybridized carbons (Fsp3) is 0.500. The molecule has 45 heavy (non-hydrogen) atoms. The number of Topliss-reactive ketones (excluding diaryl/α,β-unsaturated/α-hetero) is 1. The van der Waals surface area contributed by atoms with E-state index >= 15 is 0 Å². The van der Waals surface area contributed by atoms with Crippen LogP contribution in [0.2, 0.25) is 0 Å². The van der Waals surface area contributed by atoms with Gasteiger partial charge in [0.15, 0.2) is 11.5 Å². The summed E-state index contributed by atoms with van der Waals surface area (Å²) in [6.07, 6.45) is 12.9. The molecule has 3 heterocycles. The van der Waals surface area contributed by atoms with Gasteiger partial charge in [0.1, 0.15) is 11.9 Å². The number of fused-ring (bicyclic) bond motifs is 2. The molecule has 0 saturated carbocycles. The minimum atomic E-state index is -0.511. The number of phenols is 1. The number of allylic oxidation sites excluding steroid dienone is 2. The van der Waals surface area contributed by atoms with Crippen molar-refractivity contribution < 1.29 is 29.3 Å². The number of rotatable bonds is 6. The van der Waals surface area contributed by atoms with Crippen LogP contribution in [0.3, 0.4) is 0 Å². The number of aromatic amines is 1. The number of hydrogen-bond acceptors (Lipinski definition) is 8. The van der Waals surface area contributed by atoms with Crippen molar-refractivity contribution in [1.29, 1.82) is 0 Å². The Balaban J connectivity index is 1.66. The van der Waals surface area contributed by atoms with Crippen LogP contribution in [-0.4, -0.2) is 59.9 Å². The van der Waals surface area contributed by atoms with Crippen molar-refractivity contribution >= 4 is 11.8 Å². The van der Waals surface area contributed by atoms with Crippen LogP contribution in [0.25, 0.3) is 0 Å². The highest BCUT2D eigenvalue weighted by Gasteiger charge is 2.24. The Kier molecular flexibility index (Phi) is 12.6. The Morgan fingerprint density at radius 2 is 1.89 bits per heavy atom. The van der Waals surface area contributed by atoms with Gasteiger partial charge in [0.05, 0.1) is 25.4 Å². The van der Waals surface area contributed by atoms with Crippen LogP contribution >= 0.6 is 0 Å². The lowest BCUT2D eigenvalue weighted by molar-refractivity contribution is -0.148. The van der Waals surface area contributed by atoms with E-state index in [4.69, 9.17) is 9.47 Å². The van der Waals surface area contributed by atoms with Crippen molar-refractivity contribution in [2.24, 2.45) is 11.8 Å². The summed E-state index contributed by atoms with van der Waals surface area (Å²) in [5, 5.41) is 26.8. The SMILES string of the molecule is CC[C@@H]1CC[C@@H](OC(C)=O)CC(=O)C[C@@H](c2ccc(O)c(OC)c2)C#CCNC2=CC(=CCN2)[C@H](CCO)Cc2c[nH]cc2C1. The van der Waals surface area contributed by atoms with E-state index in [9.17, 15) is 19.8 Å². The number of esters is 1. The molecule has 5 N–H and O–H groups in total. The molecule has 4 atom stereocenters. The van der Waals surface area contributed by atoms with Crippen molar-refractivity contribution in [3.8, 4) is 23.3 Å². The van der Waals surface area contributed by atoms with Crippen LogP contribution in [0.5, 0.6) is 11.5 Å². The number of aliphatic hydroxyl groups excluding tert-OH is 1. The summed E-state index contributed by atoms with van der Waals surface area (Å²) in [4.78, 5) is 28.8. The minimum absolute atomic E-state index is 0.0138. The van der Waals surface area contributed by atoms with Gasteiger partial charge in [-0.3, -0.25) is 9.59 Å². The van der Waals surface area contributed by atoms with E-state index in [0.717, 1.165) is 37.1 Å². The van der Waals surface area contributed by atoms with Gasteiger partial charge in [-0.1, -0.05) is 37.3 Å². The number of aromatic nitrogens is 1. The number of carbonyl (C=O) groups is 2. The van der Waals surface area contributed by atoms with Crippen molar-refractivity contribution in [2.75, 3.05) is 26.8 Å². The van der Waals surface area contributed by atoms with E-state index in [1.165, 1.54) is 30.7 Å². The van der Waals surface area contributed by atoms with Gasteiger partial charge in [-0.05, 0) is 84.4 Å². The molecule has 242 valence electrons. The molecule has 0 aliphatic carbocycles. The van der Waals surface area contributed by atoms with E-state index < -0.39 is 18.0 Å². The van der Waals surface area contributed by atoms with Crippen LogP contribution in [0.1, 0.15) is 75.0 Å². The maximum atomic E-state index is 13.5. The molecule has 2 aliphatic heterocycles. The number of phenolic OH excluding ortho intramolecular Hbond substituents is 1. The molecule has 0 unspecified atom stereocenters. The molecule has 1 aromatic carbocycles. The van der Waals surface area contributed by atoms with Gasteiger partial charge in [0, 0.05) is 45.3 Å². The molecule has 0 fully saturated rings. The number of ketones is 1. The number of ether oxygens (including phenoxy) is 2. The summed E-state index contributed by atoms with van der Waals surface area (Å²) >= 11 is 0. The number of hydrogen-bond donors (Lipinski definition) is 5. The van der Waals surface area contributed by atoms with E-state index in [1.54, 1.807) is 18.2 Å². The smallest absolute Gasteiger partial charge is 0.302 e. The minimum Gasteiger partial charge on any atom is -0.504 e. The normalized spacial score (nSPS) is 23.1. The number of H-pyrrole nitrogens is 1. The zero-order valence-corrected chi connectivity index (χ0v) is 26.7. The summed E-state index contributed by atoms with van der Waals surface area (Å²) in [6.45, 7) is 4.69. The lowest BCUT2D eigenvalue weighted by Gasteiger charge is -2.24. The first kappa shape index (κ1) is 33.7.